The number of rotatable bonds is 6. The number of halogens is 2. The fourth-order valence-electron chi connectivity index (χ4n) is 2.57. The molecule has 0 aromatic heterocycles. The van der Waals surface area contributed by atoms with Gasteiger partial charge in [-0.2, -0.15) is 0 Å². The molecule has 0 saturated carbocycles. The van der Waals surface area contributed by atoms with Crippen LogP contribution in [0.3, 0.4) is 0 Å². The van der Waals surface area contributed by atoms with E-state index in [0.717, 1.165) is 31.6 Å². The van der Waals surface area contributed by atoms with Gasteiger partial charge in [-0.05, 0) is 56.0 Å². The second-order valence-electron chi connectivity index (χ2n) is 5.49. The minimum atomic E-state index is -0.385. The third-order valence-corrected chi connectivity index (χ3v) is 3.84. The van der Waals surface area contributed by atoms with Crippen molar-refractivity contribution in [2.24, 2.45) is 5.92 Å². The second kappa shape index (κ2) is 9.64. The molecule has 1 aliphatic rings. The minimum absolute atomic E-state index is 0. The Bertz CT molecular complexity index is 479. The minimum Gasteiger partial charge on any atom is -0.494 e. The van der Waals surface area contributed by atoms with Gasteiger partial charge >= 0.3 is 0 Å². The van der Waals surface area contributed by atoms with Gasteiger partial charge in [-0.1, -0.05) is 6.07 Å². The van der Waals surface area contributed by atoms with Crippen LogP contribution in [0, 0.1) is 11.7 Å². The lowest BCUT2D eigenvalue weighted by atomic mass is 9.99. The van der Waals surface area contributed by atoms with Gasteiger partial charge in [-0.3, -0.25) is 4.79 Å². The molecule has 1 aliphatic heterocycles. The van der Waals surface area contributed by atoms with Gasteiger partial charge < -0.3 is 15.4 Å². The Morgan fingerprint density at radius 2 is 2.32 bits per heavy atom. The average molecular weight is 331 g/mol. The molecular formula is C16H24ClFN2O2. The quantitative estimate of drug-likeness (QED) is 0.841. The van der Waals surface area contributed by atoms with Crippen molar-refractivity contribution in [3.63, 3.8) is 0 Å². The van der Waals surface area contributed by atoms with Gasteiger partial charge in [-0.25, -0.2) is 4.39 Å². The highest BCUT2D eigenvalue weighted by molar-refractivity contribution is 5.85. The Morgan fingerprint density at radius 3 is 2.95 bits per heavy atom. The van der Waals surface area contributed by atoms with Crippen molar-refractivity contribution in [3.8, 4) is 5.75 Å². The summed E-state index contributed by atoms with van der Waals surface area (Å²) in [4.78, 5) is 11.8. The van der Waals surface area contributed by atoms with Gasteiger partial charge in [0.25, 0.3) is 0 Å². The van der Waals surface area contributed by atoms with E-state index in [4.69, 9.17) is 4.74 Å². The van der Waals surface area contributed by atoms with E-state index in [9.17, 15) is 9.18 Å². The number of carbonyl (C=O) groups is 1. The highest BCUT2D eigenvalue weighted by atomic mass is 35.5. The number of nitrogens with one attached hydrogen (secondary N) is 2. The fourth-order valence-corrected chi connectivity index (χ4v) is 2.57. The van der Waals surface area contributed by atoms with Gasteiger partial charge in [-0.15, -0.1) is 12.4 Å². The zero-order chi connectivity index (χ0) is 15.1. The molecular weight excluding hydrogens is 307 g/mol. The molecule has 0 spiro atoms. The van der Waals surface area contributed by atoms with Crippen molar-refractivity contribution < 1.29 is 13.9 Å². The molecule has 1 amide bonds. The van der Waals surface area contributed by atoms with Crippen LogP contribution in [-0.2, 0) is 11.2 Å². The van der Waals surface area contributed by atoms with Crippen molar-refractivity contribution >= 4 is 18.3 Å². The topological polar surface area (TPSA) is 50.4 Å². The van der Waals surface area contributed by atoms with E-state index in [0.29, 0.717) is 18.8 Å². The van der Waals surface area contributed by atoms with Crippen LogP contribution >= 0.6 is 12.4 Å². The van der Waals surface area contributed by atoms with Crippen LogP contribution in [-0.4, -0.2) is 32.7 Å². The highest BCUT2D eigenvalue weighted by Crippen LogP contribution is 2.18. The molecule has 0 bridgehead atoms. The highest BCUT2D eigenvalue weighted by Gasteiger charge is 2.13. The first-order valence-corrected chi connectivity index (χ1v) is 7.49. The van der Waals surface area contributed by atoms with E-state index >= 15 is 0 Å². The molecule has 1 atom stereocenters. The van der Waals surface area contributed by atoms with Crippen LogP contribution < -0.4 is 15.4 Å². The number of hydrogen-bond acceptors (Lipinski definition) is 3. The van der Waals surface area contributed by atoms with Crippen LogP contribution in [0.25, 0.3) is 0 Å². The molecule has 6 heteroatoms. The standard InChI is InChI=1S/C16H23FN2O2.ClH/c1-21-15-6-4-12(9-14(15)17)5-7-16(20)19-11-13-3-2-8-18-10-13;/h4,6,9,13,18H,2-3,5,7-8,10-11H2,1H3,(H,19,20);1H. The third kappa shape index (κ3) is 5.81. The van der Waals surface area contributed by atoms with E-state index in [1.54, 1.807) is 12.1 Å². The molecule has 2 N–H and O–H groups in total. The molecule has 0 radical (unpaired) electrons. The number of carbonyl (C=O) groups excluding carboxylic acids is 1. The third-order valence-electron chi connectivity index (χ3n) is 3.84. The average Bonchev–Trinajstić information content (AvgIpc) is 2.52. The SMILES string of the molecule is COc1ccc(CCC(=O)NCC2CCCNC2)cc1F.Cl. The smallest absolute Gasteiger partial charge is 0.220 e. The first-order valence-electron chi connectivity index (χ1n) is 7.49. The Kier molecular flexibility index (Phi) is 8.20. The first kappa shape index (κ1) is 18.7. The van der Waals surface area contributed by atoms with Gasteiger partial charge in [0.05, 0.1) is 7.11 Å². The predicted molar refractivity (Wildman–Crippen MR) is 87.1 cm³/mol. The van der Waals surface area contributed by atoms with Crippen molar-refractivity contribution in [2.45, 2.75) is 25.7 Å². The number of aryl methyl sites for hydroxylation is 1. The number of benzene rings is 1. The van der Waals surface area contributed by atoms with Gasteiger partial charge in [0.2, 0.25) is 5.91 Å². The summed E-state index contributed by atoms with van der Waals surface area (Å²) in [6.45, 7) is 2.78. The molecule has 1 saturated heterocycles. The van der Waals surface area contributed by atoms with Gasteiger partial charge in [0.1, 0.15) is 0 Å². The monoisotopic (exact) mass is 330 g/mol. The normalized spacial score (nSPS) is 17.5. The lowest BCUT2D eigenvalue weighted by molar-refractivity contribution is -0.121. The molecule has 1 unspecified atom stereocenters. The summed E-state index contributed by atoms with van der Waals surface area (Å²) in [5, 5.41) is 6.29. The van der Waals surface area contributed by atoms with E-state index in [2.05, 4.69) is 10.6 Å². The summed E-state index contributed by atoms with van der Waals surface area (Å²) in [5.74, 6) is 0.398. The Morgan fingerprint density at radius 1 is 1.50 bits per heavy atom. The summed E-state index contributed by atoms with van der Waals surface area (Å²) >= 11 is 0. The Labute approximate surface area is 137 Å². The van der Waals surface area contributed by atoms with Crippen molar-refractivity contribution in [2.75, 3.05) is 26.7 Å². The summed E-state index contributed by atoms with van der Waals surface area (Å²) in [7, 11) is 1.44. The molecule has 2 rings (SSSR count). The van der Waals surface area contributed by atoms with Crippen molar-refractivity contribution in [1.82, 2.24) is 10.6 Å². The maximum absolute atomic E-state index is 13.5. The lowest BCUT2D eigenvalue weighted by Gasteiger charge is -2.22. The van der Waals surface area contributed by atoms with E-state index in [1.165, 1.54) is 19.6 Å². The molecule has 1 heterocycles. The maximum Gasteiger partial charge on any atom is 0.220 e. The van der Waals surface area contributed by atoms with Crippen LogP contribution in [0.2, 0.25) is 0 Å². The first-order chi connectivity index (χ1) is 10.2. The van der Waals surface area contributed by atoms with Crippen LogP contribution in [0.5, 0.6) is 5.75 Å². The molecule has 1 aromatic rings. The lowest BCUT2D eigenvalue weighted by Crippen LogP contribution is -2.38. The van der Waals surface area contributed by atoms with E-state index < -0.39 is 0 Å². The molecule has 0 aliphatic carbocycles. The van der Waals surface area contributed by atoms with Gasteiger partial charge in [0.15, 0.2) is 11.6 Å². The maximum atomic E-state index is 13.5. The zero-order valence-corrected chi connectivity index (χ0v) is 13.7. The van der Waals surface area contributed by atoms with Crippen LogP contribution in [0.1, 0.15) is 24.8 Å². The number of hydrogen-bond donors (Lipinski definition) is 2. The van der Waals surface area contributed by atoms with Crippen LogP contribution in [0.15, 0.2) is 18.2 Å². The van der Waals surface area contributed by atoms with E-state index in [-0.39, 0.29) is 29.9 Å². The second-order valence-corrected chi connectivity index (χ2v) is 5.49. The largest absolute Gasteiger partial charge is 0.494 e. The number of methoxy groups -OCH3 is 1. The summed E-state index contributed by atoms with van der Waals surface area (Å²) in [6, 6.07) is 4.81. The van der Waals surface area contributed by atoms with Crippen LogP contribution in [0.4, 0.5) is 4.39 Å². The molecule has 22 heavy (non-hydrogen) atoms. The number of ether oxygens (including phenoxy) is 1. The number of piperidine rings is 1. The Balaban J connectivity index is 0.00000242. The molecule has 1 fully saturated rings. The van der Waals surface area contributed by atoms with Crippen molar-refractivity contribution in [1.29, 1.82) is 0 Å². The van der Waals surface area contributed by atoms with Crippen molar-refractivity contribution in [3.05, 3.63) is 29.6 Å². The molecule has 4 nitrogen and oxygen atoms in total. The van der Waals surface area contributed by atoms with Gasteiger partial charge in [0, 0.05) is 13.0 Å². The Hall–Kier alpha value is -1.33. The molecule has 124 valence electrons. The summed E-state index contributed by atoms with van der Waals surface area (Å²) < 4.78 is 18.4. The summed E-state index contributed by atoms with van der Waals surface area (Å²) in [5.41, 5.74) is 0.808. The fraction of sp³-hybridized carbons (Fsp3) is 0.562. The summed E-state index contributed by atoms with van der Waals surface area (Å²) in [6.07, 6.45) is 3.25. The number of amides is 1. The zero-order valence-electron chi connectivity index (χ0n) is 12.9. The van der Waals surface area contributed by atoms with E-state index in [1.807, 2.05) is 0 Å². The molecule has 1 aromatic carbocycles. The predicted octanol–water partition coefficient (Wildman–Crippen LogP) is 2.30.